The lowest BCUT2D eigenvalue weighted by molar-refractivity contribution is -0.385. The molecule has 1 aromatic heterocycles. The van der Waals surface area contributed by atoms with Crippen molar-refractivity contribution in [1.82, 2.24) is 15.6 Å². The number of hydrogen-bond acceptors (Lipinski definition) is 6. The smallest absolute Gasteiger partial charge is 0.300 e. The molecule has 1 rings (SSSR count). The fourth-order valence-corrected chi connectivity index (χ4v) is 1.43. The molecule has 0 fully saturated rings. The lowest BCUT2D eigenvalue weighted by Crippen LogP contribution is -2.37. The maximum atomic E-state index is 11.9. The summed E-state index contributed by atoms with van der Waals surface area (Å²) >= 11 is 0. The van der Waals surface area contributed by atoms with Gasteiger partial charge in [-0.15, -0.1) is 0 Å². The average Bonchev–Trinajstić information content (AvgIpc) is 2.44. The summed E-state index contributed by atoms with van der Waals surface area (Å²) < 4.78 is 0. The van der Waals surface area contributed by atoms with Gasteiger partial charge in [0.05, 0.1) is 11.5 Å². The molecule has 0 unspecified atom stereocenters. The Hall–Kier alpha value is -2.71. The molecule has 9 nitrogen and oxygen atoms in total. The van der Waals surface area contributed by atoms with E-state index in [1.54, 1.807) is 14.0 Å². The number of likely N-dealkylation sites (N-methyl/N-ethyl adjacent to an activating group) is 1. The molecule has 0 aliphatic carbocycles. The Bertz CT molecular complexity index is 532. The number of carbonyl (C=O) groups excluding carboxylic acids is 2. The molecule has 0 aromatic carbocycles. The van der Waals surface area contributed by atoms with E-state index in [2.05, 4.69) is 20.9 Å². The van der Waals surface area contributed by atoms with Crippen molar-refractivity contribution in [3.63, 3.8) is 0 Å². The number of anilines is 1. The van der Waals surface area contributed by atoms with Crippen molar-refractivity contribution >= 4 is 23.3 Å². The molecule has 3 N–H and O–H groups in total. The highest BCUT2D eigenvalue weighted by Gasteiger charge is 2.21. The summed E-state index contributed by atoms with van der Waals surface area (Å²) in [6.07, 6.45) is 0.993. The van der Waals surface area contributed by atoms with Crippen molar-refractivity contribution in [2.24, 2.45) is 0 Å². The van der Waals surface area contributed by atoms with Crippen molar-refractivity contribution < 1.29 is 14.5 Å². The predicted octanol–water partition coefficient (Wildman–Crippen LogP) is -0.103. The van der Waals surface area contributed by atoms with Crippen LogP contribution in [0.15, 0.2) is 12.3 Å². The molecule has 0 saturated carbocycles. The fraction of sp³-hybridized carbons (Fsp3) is 0.364. The van der Waals surface area contributed by atoms with Crippen molar-refractivity contribution in [3.8, 4) is 0 Å². The van der Waals surface area contributed by atoms with E-state index in [0.717, 1.165) is 6.20 Å². The van der Waals surface area contributed by atoms with E-state index in [1.807, 2.05) is 0 Å². The van der Waals surface area contributed by atoms with Crippen LogP contribution in [0.5, 0.6) is 0 Å². The Labute approximate surface area is 114 Å². The van der Waals surface area contributed by atoms with Gasteiger partial charge in [0.2, 0.25) is 5.91 Å². The summed E-state index contributed by atoms with van der Waals surface area (Å²) in [5, 5.41) is 18.4. The van der Waals surface area contributed by atoms with Crippen LogP contribution in [0.1, 0.15) is 17.3 Å². The van der Waals surface area contributed by atoms with Crippen LogP contribution < -0.4 is 16.0 Å². The van der Waals surface area contributed by atoms with Gasteiger partial charge in [-0.05, 0) is 6.92 Å². The molecule has 0 bridgehead atoms. The van der Waals surface area contributed by atoms with Crippen molar-refractivity contribution in [3.05, 3.63) is 27.9 Å². The van der Waals surface area contributed by atoms with E-state index in [0.29, 0.717) is 12.4 Å². The molecular formula is C11H15N5O4. The number of aromatic nitrogens is 1. The van der Waals surface area contributed by atoms with Crippen LogP contribution in [0.3, 0.4) is 0 Å². The standard InChI is InChI=1S/C11H15N5O4/c1-3-13-10(17)6-15-11(18)7-4-9(12-2)14-5-8(7)16(19)20/h4-5H,3,6H2,1-2H3,(H,12,14)(H,13,17)(H,15,18). The van der Waals surface area contributed by atoms with Gasteiger partial charge in [-0.3, -0.25) is 19.7 Å². The zero-order chi connectivity index (χ0) is 15.1. The van der Waals surface area contributed by atoms with Crippen LogP contribution in [0.4, 0.5) is 11.5 Å². The van der Waals surface area contributed by atoms with Crippen LogP contribution in [0.25, 0.3) is 0 Å². The molecule has 9 heteroatoms. The van der Waals surface area contributed by atoms with Gasteiger partial charge < -0.3 is 16.0 Å². The number of nitrogens with one attached hydrogen (secondary N) is 3. The van der Waals surface area contributed by atoms with E-state index in [4.69, 9.17) is 0 Å². The minimum absolute atomic E-state index is 0.154. The maximum absolute atomic E-state index is 11.9. The highest BCUT2D eigenvalue weighted by atomic mass is 16.6. The van der Waals surface area contributed by atoms with Gasteiger partial charge in [-0.25, -0.2) is 4.98 Å². The number of carbonyl (C=O) groups is 2. The lowest BCUT2D eigenvalue weighted by Gasteiger charge is -2.07. The first kappa shape index (κ1) is 15.3. The van der Waals surface area contributed by atoms with Gasteiger partial charge in [0.1, 0.15) is 17.6 Å². The first-order valence-corrected chi connectivity index (χ1v) is 5.86. The zero-order valence-electron chi connectivity index (χ0n) is 11.1. The summed E-state index contributed by atoms with van der Waals surface area (Å²) in [6.45, 7) is 1.93. The van der Waals surface area contributed by atoms with Crippen molar-refractivity contribution in [1.29, 1.82) is 0 Å². The third-order valence-corrected chi connectivity index (χ3v) is 2.36. The number of rotatable bonds is 6. The summed E-state index contributed by atoms with van der Waals surface area (Å²) in [5.74, 6) is -0.757. The second kappa shape index (κ2) is 7.02. The molecular weight excluding hydrogens is 266 g/mol. The highest BCUT2D eigenvalue weighted by molar-refractivity contribution is 6.00. The van der Waals surface area contributed by atoms with Gasteiger partial charge in [0.25, 0.3) is 11.6 Å². The Morgan fingerprint density at radius 1 is 1.40 bits per heavy atom. The predicted molar refractivity (Wildman–Crippen MR) is 71.5 cm³/mol. The average molecular weight is 281 g/mol. The van der Waals surface area contributed by atoms with Gasteiger partial charge in [0, 0.05) is 19.7 Å². The van der Waals surface area contributed by atoms with E-state index in [-0.39, 0.29) is 18.0 Å². The Morgan fingerprint density at radius 3 is 2.65 bits per heavy atom. The molecule has 0 aliphatic heterocycles. The third-order valence-electron chi connectivity index (χ3n) is 2.36. The van der Waals surface area contributed by atoms with Crippen LogP contribution in [0.2, 0.25) is 0 Å². The van der Waals surface area contributed by atoms with Crippen LogP contribution in [-0.2, 0) is 4.79 Å². The molecule has 0 aliphatic rings. The van der Waals surface area contributed by atoms with Gasteiger partial charge >= 0.3 is 0 Å². The molecule has 2 amide bonds. The molecule has 0 saturated heterocycles. The normalized spacial score (nSPS) is 9.70. The minimum Gasteiger partial charge on any atom is -0.373 e. The fourth-order valence-electron chi connectivity index (χ4n) is 1.43. The number of amides is 2. The first-order valence-electron chi connectivity index (χ1n) is 5.86. The van der Waals surface area contributed by atoms with Crippen molar-refractivity contribution in [2.75, 3.05) is 25.5 Å². The highest BCUT2D eigenvalue weighted by Crippen LogP contribution is 2.19. The topological polar surface area (TPSA) is 126 Å². The maximum Gasteiger partial charge on any atom is 0.300 e. The number of nitro groups is 1. The van der Waals surface area contributed by atoms with Gasteiger partial charge in [-0.2, -0.15) is 0 Å². The summed E-state index contributed by atoms with van der Waals surface area (Å²) in [7, 11) is 1.57. The Morgan fingerprint density at radius 2 is 2.10 bits per heavy atom. The van der Waals surface area contributed by atoms with E-state index in [9.17, 15) is 19.7 Å². The Balaban J connectivity index is 2.90. The monoisotopic (exact) mass is 281 g/mol. The molecule has 0 spiro atoms. The van der Waals surface area contributed by atoms with E-state index in [1.165, 1.54) is 6.07 Å². The molecule has 108 valence electrons. The minimum atomic E-state index is -0.707. The van der Waals surface area contributed by atoms with Crippen molar-refractivity contribution in [2.45, 2.75) is 6.92 Å². The zero-order valence-corrected chi connectivity index (χ0v) is 11.1. The summed E-state index contributed by atoms with van der Waals surface area (Å²) in [6, 6.07) is 1.26. The SMILES string of the molecule is CCNC(=O)CNC(=O)c1cc(NC)ncc1[N+](=O)[O-]. The van der Waals surface area contributed by atoms with Crippen LogP contribution in [0, 0.1) is 10.1 Å². The summed E-state index contributed by atoms with van der Waals surface area (Å²) in [4.78, 5) is 37.1. The van der Waals surface area contributed by atoms with Gasteiger partial charge in [-0.1, -0.05) is 0 Å². The molecule has 0 atom stereocenters. The quantitative estimate of drug-likeness (QED) is 0.493. The number of pyridine rings is 1. The lowest BCUT2D eigenvalue weighted by atomic mass is 10.2. The van der Waals surface area contributed by atoms with E-state index < -0.39 is 16.5 Å². The largest absolute Gasteiger partial charge is 0.373 e. The third kappa shape index (κ3) is 3.90. The van der Waals surface area contributed by atoms with Crippen LogP contribution >= 0.6 is 0 Å². The van der Waals surface area contributed by atoms with Gasteiger partial charge in [0.15, 0.2) is 0 Å². The van der Waals surface area contributed by atoms with E-state index >= 15 is 0 Å². The molecule has 1 aromatic rings. The molecule has 0 radical (unpaired) electrons. The Kier molecular flexibility index (Phi) is 5.39. The second-order valence-electron chi connectivity index (χ2n) is 3.73. The first-order chi connectivity index (χ1) is 9.49. The second-order valence-corrected chi connectivity index (χ2v) is 3.73. The summed E-state index contributed by atoms with van der Waals surface area (Å²) in [5.41, 5.74) is -0.573. The number of nitrogens with zero attached hydrogens (tertiary/aromatic N) is 2. The van der Waals surface area contributed by atoms with Crippen LogP contribution in [-0.4, -0.2) is 41.9 Å². The number of hydrogen-bond donors (Lipinski definition) is 3. The molecule has 1 heterocycles. The molecule has 20 heavy (non-hydrogen) atoms.